The summed E-state index contributed by atoms with van der Waals surface area (Å²) in [4.78, 5) is 4.23. The van der Waals surface area contributed by atoms with Crippen LogP contribution < -0.4 is 16.0 Å². The number of benzene rings is 1. The molecule has 0 aliphatic carbocycles. The van der Waals surface area contributed by atoms with Crippen LogP contribution in [-0.4, -0.2) is 4.98 Å². The van der Waals surface area contributed by atoms with Crippen molar-refractivity contribution in [2.75, 3.05) is 5.43 Å². The van der Waals surface area contributed by atoms with E-state index in [1.165, 1.54) is 0 Å². The molecule has 19 heavy (non-hydrogen) atoms. The highest BCUT2D eigenvalue weighted by Crippen LogP contribution is 2.24. The Bertz CT molecular complexity index is 590. The minimum absolute atomic E-state index is 0.261. The number of hydrazine groups is 1. The van der Waals surface area contributed by atoms with E-state index in [9.17, 15) is 0 Å². The van der Waals surface area contributed by atoms with E-state index < -0.39 is 0 Å². The Hall–Kier alpha value is -1.49. The second kappa shape index (κ2) is 6.10. The van der Waals surface area contributed by atoms with Crippen LogP contribution in [0.15, 0.2) is 30.3 Å². The van der Waals surface area contributed by atoms with Gasteiger partial charge in [0, 0.05) is 5.02 Å². The van der Waals surface area contributed by atoms with E-state index in [1.807, 2.05) is 19.1 Å². The van der Waals surface area contributed by atoms with Crippen LogP contribution >= 0.6 is 23.2 Å². The first-order chi connectivity index (χ1) is 9.10. The third-order valence-electron chi connectivity index (χ3n) is 2.57. The lowest BCUT2D eigenvalue weighted by Crippen LogP contribution is -2.10. The van der Waals surface area contributed by atoms with Crippen LogP contribution in [0.5, 0.6) is 5.75 Å². The Morgan fingerprint density at radius 2 is 2.05 bits per heavy atom. The van der Waals surface area contributed by atoms with Crippen molar-refractivity contribution in [3.63, 3.8) is 0 Å². The normalized spacial score (nSPS) is 10.3. The Morgan fingerprint density at radius 3 is 2.74 bits per heavy atom. The first-order valence-corrected chi connectivity index (χ1v) is 6.36. The zero-order chi connectivity index (χ0) is 13.8. The Kier molecular flexibility index (Phi) is 4.47. The molecule has 2 rings (SSSR count). The van der Waals surface area contributed by atoms with E-state index in [2.05, 4.69) is 10.4 Å². The number of nitrogens with two attached hydrogens (primary N) is 1. The first-order valence-electron chi connectivity index (χ1n) is 5.61. The molecule has 100 valence electrons. The van der Waals surface area contributed by atoms with Gasteiger partial charge in [-0.3, -0.25) is 0 Å². The summed E-state index contributed by atoms with van der Waals surface area (Å²) in [6.07, 6.45) is 0. The lowest BCUT2D eigenvalue weighted by atomic mass is 10.2. The Balaban J connectivity index is 2.14. The van der Waals surface area contributed by atoms with Crippen molar-refractivity contribution in [1.82, 2.24) is 4.98 Å². The van der Waals surface area contributed by atoms with Gasteiger partial charge in [0.1, 0.15) is 18.2 Å². The molecule has 0 spiro atoms. The van der Waals surface area contributed by atoms with Crippen LogP contribution in [-0.2, 0) is 6.61 Å². The minimum Gasteiger partial charge on any atom is -0.487 e. The summed E-state index contributed by atoms with van der Waals surface area (Å²) in [5.41, 5.74) is 4.04. The Labute approximate surface area is 121 Å². The average Bonchev–Trinajstić information content (AvgIpc) is 2.39. The van der Waals surface area contributed by atoms with Crippen molar-refractivity contribution in [2.24, 2.45) is 5.84 Å². The molecule has 0 amide bonds. The van der Waals surface area contributed by atoms with Gasteiger partial charge in [-0.2, -0.15) is 0 Å². The SMILES string of the molecule is Cc1cc(Cl)ccc1OCc1nc(NN)ccc1Cl. The molecule has 0 fully saturated rings. The number of halogens is 2. The second-order valence-corrected chi connectivity index (χ2v) is 4.81. The molecule has 0 aliphatic heterocycles. The van der Waals surface area contributed by atoms with Gasteiger partial charge in [-0.1, -0.05) is 23.2 Å². The summed E-state index contributed by atoms with van der Waals surface area (Å²) in [7, 11) is 0. The number of rotatable bonds is 4. The topological polar surface area (TPSA) is 60.2 Å². The van der Waals surface area contributed by atoms with Gasteiger partial charge in [-0.15, -0.1) is 0 Å². The summed E-state index contributed by atoms with van der Waals surface area (Å²) >= 11 is 11.9. The first kappa shape index (κ1) is 13.9. The molecular weight excluding hydrogens is 285 g/mol. The second-order valence-electron chi connectivity index (χ2n) is 3.97. The van der Waals surface area contributed by atoms with Gasteiger partial charge in [0.05, 0.1) is 10.7 Å². The maximum absolute atomic E-state index is 6.05. The number of aromatic nitrogens is 1. The van der Waals surface area contributed by atoms with E-state index >= 15 is 0 Å². The summed E-state index contributed by atoms with van der Waals surface area (Å²) in [6.45, 7) is 2.19. The molecule has 0 aliphatic rings. The smallest absolute Gasteiger partial charge is 0.140 e. The number of nitrogens with zero attached hydrogens (tertiary/aromatic N) is 1. The molecule has 1 aromatic carbocycles. The molecule has 0 saturated carbocycles. The number of hydrogen-bond donors (Lipinski definition) is 2. The lowest BCUT2D eigenvalue weighted by molar-refractivity contribution is 0.299. The molecule has 1 heterocycles. The molecular formula is C13H13Cl2N3O. The van der Waals surface area contributed by atoms with Crippen LogP contribution in [0.1, 0.15) is 11.3 Å². The van der Waals surface area contributed by atoms with Gasteiger partial charge >= 0.3 is 0 Å². The highest BCUT2D eigenvalue weighted by Gasteiger charge is 2.06. The summed E-state index contributed by atoms with van der Waals surface area (Å²) < 4.78 is 5.68. The van der Waals surface area contributed by atoms with Crippen LogP contribution in [0.2, 0.25) is 10.0 Å². The van der Waals surface area contributed by atoms with Crippen molar-refractivity contribution < 1.29 is 4.74 Å². The number of ether oxygens (including phenoxy) is 1. The van der Waals surface area contributed by atoms with E-state index in [0.29, 0.717) is 21.6 Å². The van der Waals surface area contributed by atoms with Crippen molar-refractivity contribution in [3.8, 4) is 5.75 Å². The largest absolute Gasteiger partial charge is 0.487 e. The number of anilines is 1. The van der Waals surface area contributed by atoms with Gasteiger partial charge in [-0.05, 0) is 42.8 Å². The zero-order valence-electron chi connectivity index (χ0n) is 10.3. The van der Waals surface area contributed by atoms with Crippen LogP contribution in [0.3, 0.4) is 0 Å². The molecule has 0 bridgehead atoms. The van der Waals surface area contributed by atoms with Crippen molar-refractivity contribution >= 4 is 29.0 Å². The third kappa shape index (κ3) is 3.50. The van der Waals surface area contributed by atoms with E-state index in [4.69, 9.17) is 33.8 Å². The van der Waals surface area contributed by atoms with Crippen LogP contribution in [0.4, 0.5) is 5.82 Å². The molecule has 1 aromatic heterocycles. The number of nitrogen functional groups attached to an aromatic ring is 1. The van der Waals surface area contributed by atoms with Crippen molar-refractivity contribution in [3.05, 3.63) is 51.6 Å². The molecule has 0 atom stereocenters. The standard InChI is InChI=1S/C13H13Cl2N3O/c1-8-6-9(14)2-4-12(8)19-7-11-10(15)3-5-13(17-11)18-16/h2-6H,7,16H2,1H3,(H,17,18). The van der Waals surface area contributed by atoms with Crippen molar-refractivity contribution in [2.45, 2.75) is 13.5 Å². The van der Waals surface area contributed by atoms with Crippen LogP contribution in [0, 0.1) is 6.92 Å². The summed E-state index contributed by atoms with van der Waals surface area (Å²) in [5.74, 6) is 6.59. The van der Waals surface area contributed by atoms with Gasteiger partial charge in [-0.25, -0.2) is 10.8 Å². The van der Waals surface area contributed by atoms with Gasteiger partial charge in [0.2, 0.25) is 0 Å². The quantitative estimate of drug-likeness (QED) is 0.669. The average molecular weight is 298 g/mol. The lowest BCUT2D eigenvalue weighted by Gasteiger charge is -2.10. The van der Waals surface area contributed by atoms with Crippen LogP contribution in [0.25, 0.3) is 0 Å². The summed E-state index contributed by atoms with van der Waals surface area (Å²) in [6, 6.07) is 8.84. The van der Waals surface area contributed by atoms with Gasteiger partial charge < -0.3 is 10.2 Å². The molecule has 6 heteroatoms. The summed E-state index contributed by atoms with van der Waals surface area (Å²) in [5, 5.41) is 1.21. The van der Waals surface area contributed by atoms with Gasteiger partial charge in [0.15, 0.2) is 0 Å². The molecule has 2 aromatic rings. The third-order valence-corrected chi connectivity index (χ3v) is 3.15. The van der Waals surface area contributed by atoms with E-state index in [1.54, 1.807) is 18.2 Å². The monoisotopic (exact) mass is 297 g/mol. The van der Waals surface area contributed by atoms with Crippen molar-refractivity contribution in [1.29, 1.82) is 0 Å². The highest BCUT2D eigenvalue weighted by molar-refractivity contribution is 6.31. The molecule has 0 saturated heterocycles. The molecule has 0 radical (unpaired) electrons. The molecule has 0 unspecified atom stereocenters. The number of pyridine rings is 1. The zero-order valence-corrected chi connectivity index (χ0v) is 11.8. The number of nitrogens with one attached hydrogen (secondary N) is 1. The number of aryl methyl sites for hydroxylation is 1. The van der Waals surface area contributed by atoms with E-state index in [0.717, 1.165) is 11.3 Å². The fraction of sp³-hybridized carbons (Fsp3) is 0.154. The Morgan fingerprint density at radius 1 is 1.26 bits per heavy atom. The maximum Gasteiger partial charge on any atom is 0.140 e. The maximum atomic E-state index is 6.05. The fourth-order valence-corrected chi connectivity index (χ4v) is 1.97. The van der Waals surface area contributed by atoms with E-state index in [-0.39, 0.29) is 6.61 Å². The predicted molar refractivity (Wildman–Crippen MR) is 77.6 cm³/mol. The number of hydrogen-bond acceptors (Lipinski definition) is 4. The van der Waals surface area contributed by atoms with Gasteiger partial charge in [0.25, 0.3) is 0 Å². The highest BCUT2D eigenvalue weighted by atomic mass is 35.5. The predicted octanol–water partition coefficient (Wildman–Crippen LogP) is 3.56. The minimum atomic E-state index is 0.261. The molecule has 4 nitrogen and oxygen atoms in total. The molecule has 3 N–H and O–H groups in total. The fourth-order valence-electron chi connectivity index (χ4n) is 1.59.